The summed E-state index contributed by atoms with van der Waals surface area (Å²) < 4.78 is 39.6. The van der Waals surface area contributed by atoms with Gasteiger partial charge >= 0.3 is 6.18 Å². The standard InChI is InChI=1S/C20H23F3N8O/c1-3-30(12-5-4-9-24-19-25-10-8-16(28-19)20(21,22)23)18(32)15-7-6-14(2)27-17(15)31-13-11-26-29-31/h6-8,10-11,13H,3-5,9,12H2,1-2H3,(H,24,25,28). The molecule has 0 aliphatic rings. The Morgan fingerprint density at radius 3 is 2.66 bits per heavy atom. The molecule has 0 bridgehead atoms. The third kappa shape index (κ3) is 5.77. The molecule has 0 saturated carbocycles. The van der Waals surface area contributed by atoms with E-state index >= 15 is 0 Å². The largest absolute Gasteiger partial charge is 0.433 e. The monoisotopic (exact) mass is 448 g/mol. The molecule has 3 aromatic rings. The molecule has 1 N–H and O–H groups in total. The highest BCUT2D eigenvalue weighted by molar-refractivity contribution is 5.97. The van der Waals surface area contributed by atoms with Gasteiger partial charge in [-0.15, -0.1) is 5.10 Å². The van der Waals surface area contributed by atoms with Crippen molar-refractivity contribution in [2.75, 3.05) is 25.0 Å². The number of amides is 1. The maximum atomic E-state index is 13.1. The fourth-order valence-electron chi connectivity index (χ4n) is 3.01. The summed E-state index contributed by atoms with van der Waals surface area (Å²) in [5, 5.41) is 10.5. The Hall–Kier alpha value is -3.57. The predicted molar refractivity (Wildman–Crippen MR) is 110 cm³/mol. The minimum Gasteiger partial charge on any atom is -0.354 e. The average Bonchev–Trinajstić information content (AvgIpc) is 3.30. The van der Waals surface area contributed by atoms with Crippen LogP contribution in [0, 0.1) is 6.92 Å². The van der Waals surface area contributed by atoms with E-state index in [0.717, 1.165) is 18.0 Å². The summed E-state index contributed by atoms with van der Waals surface area (Å²) >= 11 is 0. The number of unbranched alkanes of at least 4 members (excludes halogenated alkanes) is 1. The Morgan fingerprint density at radius 1 is 1.16 bits per heavy atom. The Labute approximate surface area is 182 Å². The second kappa shape index (κ2) is 10.2. The lowest BCUT2D eigenvalue weighted by molar-refractivity contribution is -0.141. The first-order valence-electron chi connectivity index (χ1n) is 10.1. The van der Waals surface area contributed by atoms with Gasteiger partial charge in [0, 0.05) is 31.5 Å². The highest BCUT2D eigenvalue weighted by Gasteiger charge is 2.32. The van der Waals surface area contributed by atoms with Crippen molar-refractivity contribution in [3.05, 3.63) is 53.7 Å². The fourth-order valence-corrected chi connectivity index (χ4v) is 3.01. The van der Waals surface area contributed by atoms with Gasteiger partial charge in [-0.05, 0) is 44.9 Å². The molecule has 0 aromatic carbocycles. The van der Waals surface area contributed by atoms with Crippen LogP contribution in [0.2, 0.25) is 0 Å². The molecule has 170 valence electrons. The number of aromatic nitrogens is 6. The van der Waals surface area contributed by atoms with Crippen molar-refractivity contribution in [1.29, 1.82) is 0 Å². The van der Waals surface area contributed by atoms with Gasteiger partial charge in [0.05, 0.1) is 18.0 Å². The minimum absolute atomic E-state index is 0.0774. The number of nitrogens with one attached hydrogen (secondary N) is 1. The van der Waals surface area contributed by atoms with Crippen molar-refractivity contribution in [2.45, 2.75) is 32.9 Å². The van der Waals surface area contributed by atoms with Crippen LogP contribution in [0.15, 0.2) is 36.8 Å². The zero-order chi connectivity index (χ0) is 23.1. The smallest absolute Gasteiger partial charge is 0.354 e. The van der Waals surface area contributed by atoms with Gasteiger partial charge < -0.3 is 10.2 Å². The van der Waals surface area contributed by atoms with Crippen LogP contribution in [-0.4, -0.2) is 60.4 Å². The van der Waals surface area contributed by atoms with Crippen LogP contribution in [0.1, 0.15) is 41.5 Å². The molecule has 0 radical (unpaired) electrons. The molecular formula is C20H23F3N8O. The van der Waals surface area contributed by atoms with E-state index in [1.807, 2.05) is 13.8 Å². The first kappa shape index (κ1) is 23.1. The predicted octanol–water partition coefficient (Wildman–Crippen LogP) is 3.13. The maximum absolute atomic E-state index is 13.1. The van der Waals surface area contributed by atoms with Crippen LogP contribution in [0.3, 0.4) is 0 Å². The van der Waals surface area contributed by atoms with Gasteiger partial charge in [-0.25, -0.2) is 19.6 Å². The summed E-state index contributed by atoms with van der Waals surface area (Å²) in [7, 11) is 0. The molecule has 0 unspecified atom stereocenters. The molecular weight excluding hydrogens is 425 g/mol. The number of rotatable bonds is 9. The van der Waals surface area contributed by atoms with Crippen molar-refractivity contribution in [2.24, 2.45) is 0 Å². The SMILES string of the molecule is CCN(CCCCNc1nccc(C(F)(F)F)n1)C(=O)c1ccc(C)nc1-n1ccnn1. The van der Waals surface area contributed by atoms with Gasteiger partial charge in [0.1, 0.15) is 5.69 Å². The summed E-state index contributed by atoms with van der Waals surface area (Å²) in [6, 6.07) is 4.31. The maximum Gasteiger partial charge on any atom is 0.433 e. The lowest BCUT2D eigenvalue weighted by Crippen LogP contribution is -2.33. The fraction of sp³-hybridized carbons (Fsp3) is 0.400. The van der Waals surface area contributed by atoms with E-state index in [0.29, 0.717) is 43.9 Å². The summed E-state index contributed by atoms with van der Waals surface area (Å²) in [6.45, 7) is 5.05. The lowest BCUT2D eigenvalue weighted by Gasteiger charge is -2.22. The first-order valence-corrected chi connectivity index (χ1v) is 10.1. The third-order valence-corrected chi connectivity index (χ3v) is 4.64. The van der Waals surface area contributed by atoms with E-state index in [1.165, 1.54) is 10.9 Å². The topological polar surface area (TPSA) is 102 Å². The number of halogens is 3. The average molecular weight is 448 g/mol. The molecule has 0 fully saturated rings. The van der Waals surface area contributed by atoms with Gasteiger partial charge in [0.15, 0.2) is 5.82 Å². The molecule has 0 saturated heterocycles. The van der Waals surface area contributed by atoms with E-state index in [9.17, 15) is 18.0 Å². The van der Waals surface area contributed by atoms with Crippen LogP contribution in [-0.2, 0) is 6.18 Å². The number of aryl methyl sites for hydroxylation is 1. The number of carbonyl (C=O) groups is 1. The van der Waals surface area contributed by atoms with Gasteiger partial charge in [-0.3, -0.25) is 4.79 Å². The molecule has 3 aromatic heterocycles. The Morgan fingerprint density at radius 2 is 1.97 bits per heavy atom. The molecule has 0 aliphatic carbocycles. The van der Waals surface area contributed by atoms with Crippen molar-refractivity contribution in [1.82, 2.24) is 34.8 Å². The number of pyridine rings is 1. The number of alkyl halides is 3. The Balaban J connectivity index is 1.56. The Kier molecular flexibility index (Phi) is 7.33. The van der Waals surface area contributed by atoms with Crippen molar-refractivity contribution >= 4 is 11.9 Å². The molecule has 9 nitrogen and oxygen atoms in total. The van der Waals surface area contributed by atoms with Crippen LogP contribution in [0.25, 0.3) is 5.82 Å². The number of nitrogens with zero attached hydrogens (tertiary/aromatic N) is 7. The summed E-state index contributed by atoms with van der Waals surface area (Å²) in [5.74, 6) is 0.153. The summed E-state index contributed by atoms with van der Waals surface area (Å²) in [5.41, 5.74) is 0.170. The van der Waals surface area contributed by atoms with Crippen LogP contribution in [0.4, 0.5) is 19.1 Å². The van der Waals surface area contributed by atoms with Gasteiger partial charge in [0.25, 0.3) is 5.91 Å². The van der Waals surface area contributed by atoms with E-state index in [1.54, 1.807) is 23.2 Å². The van der Waals surface area contributed by atoms with E-state index < -0.39 is 11.9 Å². The number of hydrogen-bond acceptors (Lipinski definition) is 7. The number of anilines is 1. The number of hydrogen-bond donors (Lipinski definition) is 1. The highest BCUT2D eigenvalue weighted by atomic mass is 19.4. The van der Waals surface area contributed by atoms with E-state index in [-0.39, 0.29) is 11.9 Å². The third-order valence-electron chi connectivity index (χ3n) is 4.64. The second-order valence-electron chi connectivity index (χ2n) is 6.95. The van der Waals surface area contributed by atoms with E-state index in [4.69, 9.17) is 0 Å². The van der Waals surface area contributed by atoms with Gasteiger partial charge in [-0.2, -0.15) is 13.2 Å². The molecule has 3 rings (SSSR count). The molecule has 0 aliphatic heterocycles. The zero-order valence-corrected chi connectivity index (χ0v) is 17.7. The molecule has 0 atom stereocenters. The van der Waals surface area contributed by atoms with Gasteiger partial charge in [0.2, 0.25) is 5.95 Å². The quantitative estimate of drug-likeness (QED) is 0.502. The first-order chi connectivity index (χ1) is 15.3. The zero-order valence-electron chi connectivity index (χ0n) is 17.7. The van der Waals surface area contributed by atoms with Gasteiger partial charge in [-0.1, -0.05) is 5.21 Å². The van der Waals surface area contributed by atoms with Crippen LogP contribution in [0.5, 0.6) is 0 Å². The van der Waals surface area contributed by atoms with Crippen molar-refractivity contribution in [3.63, 3.8) is 0 Å². The highest BCUT2D eigenvalue weighted by Crippen LogP contribution is 2.27. The molecule has 3 heterocycles. The second-order valence-corrected chi connectivity index (χ2v) is 6.95. The molecule has 32 heavy (non-hydrogen) atoms. The molecule has 0 spiro atoms. The Bertz CT molecular complexity index is 1040. The summed E-state index contributed by atoms with van der Waals surface area (Å²) in [4.78, 5) is 26.5. The normalized spacial score (nSPS) is 11.4. The van der Waals surface area contributed by atoms with Crippen molar-refractivity contribution < 1.29 is 18.0 Å². The summed E-state index contributed by atoms with van der Waals surface area (Å²) in [6.07, 6.45) is 0.942. The van der Waals surface area contributed by atoms with E-state index in [2.05, 4.69) is 30.6 Å². The van der Waals surface area contributed by atoms with Crippen LogP contribution < -0.4 is 5.32 Å². The van der Waals surface area contributed by atoms with Crippen molar-refractivity contribution in [3.8, 4) is 5.82 Å². The minimum atomic E-state index is -4.52. The molecule has 12 heteroatoms. The number of carbonyl (C=O) groups excluding carboxylic acids is 1. The molecule has 1 amide bonds. The van der Waals surface area contributed by atoms with Crippen LogP contribution >= 0.6 is 0 Å². The lowest BCUT2D eigenvalue weighted by atomic mass is 10.2.